The molecule has 0 aliphatic carbocycles. The molecule has 0 bridgehead atoms. The number of hydrogen-bond donors (Lipinski definition) is 1. The Bertz CT molecular complexity index is 525. The fourth-order valence-electron chi connectivity index (χ4n) is 3.44. The van der Waals surface area contributed by atoms with Gasteiger partial charge >= 0.3 is 5.97 Å². The summed E-state index contributed by atoms with van der Waals surface area (Å²) in [5.74, 6) is 0.481. The van der Waals surface area contributed by atoms with Crippen molar-refractivity contribution in [2.24, 2.45) is 11.7 Å². The van der Waals surface area contributed by atoms with Crippen LogP contribution in [-0.4, -0.2) is 46.9 Å². The standard InChI is InChI=1S/C17H30N4O2/c1-4-23-17(22)12-21-14(3)16(13(2)19-21)11-20-9-5-6-15(10-20)7-8-18/h15H,4-12,18H2,1-3H3. The highest BCUT2D eigenvalue weighted by atomic mass is 16.5. The SMILES string of the molecule is CCOC(=O)Cn1nc(C)c(CN2CCCC(CCN)C2)c1C. The van der Waals surface area contributed by atoms with Gasteiger partial charge in [-0.3, -0.25) is 14.4 Å². The van der Waals surface area contributed by atoms with Gasteiger partial charge in [0.25, 0.3) is 0 Å². The molecular weight excluding hydrogens is 292 g/mol. The second kappa shape index (κ2) is 8.45. The third-order valence-electron chi connectivity index (χ3n) is 4.68. The molecule has 1 saturated heterocycles. The molecule has 0 radical (unpaired) electrons. The first kappa shape index (κ1) is 17.9. The summed E-state index contributed by atoms with van der Waals surface area (Å²) >= 11 is 0. The van der Waals surface area contributed by atoms with Crippen molar-refractivity contribution in [3.63, 3.8) is 0 Å². The van der Waals surface area contributed by atoms with Crippen molar-refractivity contribution in [3.8, 4) is 0 Å². The van der Waals surface area contributed by atoms with Gasteiger partial charge in [0.1, 0.15) is 6.54 Å². The molecule has 2 rings (SSSR count). The number of rotatable bonds is 7. The van der Waals surface area contributed by atoms with Crippen molar-refractivity contribution in [1.29, 1.82) is 0 Å². The van der Waals surface area contributed by atoms with E-state index < -0.39 is 0 Å². The molecule has 1 unspecified atom stereocenters. The Morgan fingerprint density at radius 2 is 2.22 bits per heavy atom. The fraction of sp³-hybridized carbons (Fsp3) is 0.765. The van der Waals surface area contributed by atoms with Crippen LogP contribution in [0.1, 0.15) is 43.1 Å². The first-order chi connectivity index (χ1) is 11.0. The van der Waals surface area contributed by atoms with Gasteiger partial charge in [0, 0.05) is 24.3 Å². The van der Waals surface area contributed by atoms with E-state index in [1.54, 1.807) is 4.68 Å². The number of piperidine rings is 1. The molecule has 1 aromatic heterocycles. The summed E-state index contributed by atoms with van der Waals surface area (Å²) in [6.07, 6.45) is 3.63. The van der Waals surface area contributed by atoms with Gasteiger partial charge in [-0.25, -0.2) is 0 Å². The Labute approximate surface area is 139 Å². The van der Waals surface area contributed by atoms with Crippen molar-refractivity contribution in [2.45, 2.75) is 53.1 Å². The predicted molar refractivity (Wildman–Crippen MR) is 90.0 cm³/mol. The molecule has 23 heavy (non-hydrogen) atoms. The Hall–Kier alpha value is -1.40. The number of aromatic nitrogens is 2. The monoisotopic (exact) mass is 322 g/mol. The van der Waals surface area contributed by atoms with E-state index in [2.05, 4.69) is 10.00 Å². The molecule has 6 nitrogen and oxygen atoms in total. The largest absolute Gasteiger partial charge is 0.465 e. The third kappa shape index (κ3) is 4.78. The summed E-state index contributed by atoms with van der Waals surface area (Å²) in [5, 5.41) is 4.52. The predicted octanol–water partition coefficient (Wildman–Crippen LogP) is 1.62. The van der Waals surface area contributed by atoms with Crippen LogP contribution >= 0.6 is 0 Å². The highest BCUT2D eigenvalue weighted by Crippen LogP contribution is 2.23. The smallest absolute Gasteiger partial charge is 0.327 e. The number of carbonyl (C=O) groups excluding carboxylic acids is 1. The van der Waals surface area contributed by atoms with E-state index in [-0.39, 0.29) is 12.5 Å². The minimum atomic E-state index is -0.231. The number of likely N-dealkylation sites (tertiary alicyclic amines) is 1. The third-order valence-corrected chi connectivity index (χ3v) is 4.68. The minimum Gasteiger partial charge on any atom is -0.465 e. The van der Waals surface area contributed by atoms with Gasteiger partial charge in [0.2, 0.25) is 0 Å². The van der Waals surface area contributed by atoms with Crippen LogP contribution in [0, 0.1) is 19.8 Å². The van der Waals surface area contributed by atoms with Gasteiger partial charge in [-0.1, -0.05) is 0 Å². The molecular formula is C17H30N4O2. The maximum Gasteiger partial charge on any atom is 0.327 e. The van der Waals surface area contributed by atoms with Crippen LogP contribution in [0.2, 0.25) is 0 Å². The van der Waals surface area contributed by atoms with E-state index in [1.165, 1.54) is 18.4 Å². The zero-order valence-electron chi connectivity index (χ0n) is 14.7. The molecule has 0 spiro atoms. The highest BCUT2D eigenvalue weighted by Gasteiger charge is 2.22. The van der Waals surface area contributed by atoms with Gasteiger partial charge in [-0.15, -0.1) is 0 Å². The van der Waals surface area contributed by atoms with Crippen molar-refractivity contribution in [3.05, 3.63) is 17.0 Å². The Balaban J connectivity index is 2.02. The molecule has 2 heterocycles. The van der Waals surface area contributed by atoms with Gasteiger partial charge in [-0.05, 0) is 59.0 Å². The van der Waals surface area contributed by atoms with Crippen molar-refractivity contribution >= 4 is 5.97 Å². The van der Waals surface area contributed by atoms with Gasteiger partial charge in [0.15, 0.2) is 0 Å². The van der Waals surface area contributed by atoms with E-state index in [0.29, 0.717) is 12.5 Å². The number of aryl methyl sites for hydroxylation is 1. The summed E-state index contributed by atoms with van der Waals surface area (Å²) in [6, 6.07) is 0. The lowest BCUT2D eigenvalue weighted by atomic mass is 9.94. The van der Waals surface area contributed by atoms with Crippen molar-refractivity contribution in [1.82, 2.24) is 14.7 Å². The molecule has 6 heteroatoms. The lowest BCUT2D eigenvalue weighted by Crippen LogP contribution is -2.36. The summed E-state index contributed by atoms with van der Waals surface area (Å²) in [4.78, 5) is 14.2. The zero-order chi connectivity index (χ0) is 16.8. The molecule has 1 atom stereocenters. The molecule has 1 aliphatic heterocycles. The lowest BCUT2D eigenvalue weighted by Gasteiger charge is -2.32. The Kier molecular flexibility index (Phi) is 6.59. The van der Waals surface area contributed by atoms with E-state index in [1.807, 2.05) is 20.8 Å². The highest BCUT2D eigenvalue weighted by molar-refractivity contribution is 5.69. The lowest BCUT2D eigenvalue weighted by molar-refractivity contribution is -0.144. The number of nitrogens with two attached hydrogens (primary N) is 1. The molecule has 1 aliphatic rings. The average Bonchev–Trinajstić information content (AvgIpc) is 2.76. The normalized spacial score (nSPS) is 19.0. The second-order valence-corrected chi connectivity index (χ2v) is 6.43. The molecule has 0 aromatic carbocycles. The van der Waals surface area contributed by atoms with Gasteiger partial charge < -0.3 is 10.5 Å². The van der Waals surface area contributed by atoms with Crippen LogP contribution in [0.3, 0.4) is 0 Å². The summed E-state index contributed by atoms with van der Waals surface area (Å²) in [6.45, 7) is 10.4. The van der Waals surface area contributed by atoms with E-state index in [9.17, 15) is 4.79 Å². The van der Waals surface area contributed by atoms with E-state index in [4.69, 9.17) is 10.5 Å². The summed E-state index contributed by atoms with van der Waals surface area (Å²) in [5.41, 5.74) is 9.02. The van der Waals surface area contributed by atoms with Crippen LogP contribution in [0.4, 0.5) is 0 Å². The summed E-state index contributed by atoms with van der Waals surface area (Å²) < 4.78 is 6.79. The Morgan fingerprint density at radius 1 is 1.43 bits per heavy atom. The summed E-state index contributed by atoms with van der Waals surface area (Å²) in [7, 11) is 0. The topological polar surface area (TPSA) is 73.4 Å². The van der Waals surface area contributed by atoms with Gasteiger partial charge in [0.05, 0.1) is 12.3 Å². The maximum atomic E-state index is 11.7. The van der Waals surface area contributed by atoms with Crippen LogP contribution in [0.5, 0.6) is 0 Å². The quantitative estimate of drug-likeness (QED) is 0.772. The number of esters is 1. The first-order valence-corrected chi connectivity index (χ1v) is 8.66. The van der Waals surface area contributed by atoms with Crippen LogP contribution in [0.25, 0.3) is 0 Å². The second-order valence-electron chi connectivity index (χ2n) is 6.43. The molecule has 1 aromatic rings. The van der Waals surface area contributed by atoms with Crippen LogP contribution in [-0.2, 0) is 22.6 Å². The number of carbonyl (C=O) groups is 1. The maximum absolute atomic E-state index is 11.7. The molecule has 1 fully saturated rings. The average molecular weight is 322 g/mol. The van der Waals surface area contributed by atoms with Crippen molar-refractivity contribution < 1.29 is 9.53 Å². The zero-order valence-corrected chi connectivity index (χ0v) is 14.7. The molecule has 0 amide bonds. The molecule has 0 saturated carbocycles. The molecule has 130 valence electrons. The van der Waals surface area contributed by atoms with E-state index in [0.717, 1.165) is 44.0 Å². The number of ether oxygens (including phenoxy) is 1. The molecule has 2 N–H and O–H groups in total. The minimum absolute atomic E-state index is 0.191. The number of nitrogens with zero attached hydrogens (tertiary/aromatic N) is 3. The fourth-order valence-corrected chi connectivity index (χ4v) is 3.44. The first-order valence-electron chi connectivity index (χ1n) is 8.66. The number of hydrogen-bond acceptors (Lipinski definition) is 5. The van der Waals surface area contributed by atoms with Gasteiger partial charge in [-0.2, -0.15) is 5.10 Å². The van der Waals surface area contributed by atoms with E-state index >= 15 is 0 Å². The van der Waals surface area contributed by atoms with Crippen LogP contribution < -0.4 is 5.73 Å². The van der Waals surface area contributed by atoms with Crippen molar-refractivity contribution in [2.75, 3.05) is 26.2 Å². The Morgan fingerprint density at radius 3 is 2.91 bits per heavy atom. The van der Waals surface area contributed by atoms with Crippen LogP contribution in [0.15, 0.2) is 0 Å².